The van der Waals surface area contributed by atoms with Crippen molar-refractivity contribution in [3.63, 3.8) is 0 Å². The first-order valence-electron chi connectivity index (χ1n) is 5.48. The van der Waals surface area contributed by atoms with Gasteiger partial charge in [0.15, 0.2) is 0 Å². The van der Waals surface area contributed by atoms with Crippen molar-refractivity contribution in [3.05, 3.63) is 34.0 Å². The summed E-state index contributed by atoms with van der Waals surface area (Å²) >= 11 is 6.06. The van der Waals surface area contributed by atoms with E-state index in [2.05, 4.69) is 25.2 Å². The van der Waals surface area contributed by atoms with Gasteiger partial charge in [-0.25, -0.2) is 0 Å². The van der Waals surface area contributed by atoms with Crippen LogP contribution in [0.2, 0.25) is 0 Å². The number of halogens is 1. The van der Waals surface area contributed by atoms with Gasteiger partial charge in [0.25, 0.3) is 0 Å². The minimum absolute atomic E-state index is 0.598. The van der Waals surface area contributed by atoms with Crippen molar-refractivity contribution < 1.29 is 0 Å². The molecule has 0 amide bonds. The SMILES string of the molecule is CC(C)=C(Cl)/C=C\C1=C(C)NC(C)CC1. The second kappa shape index (κ2) is 5.41. The van der Waals surface area contributed by atoms with Crippen molar-refractivity contribution in [1.82, 2.24) is 5.32 Å². The molecule has 0 fully saturated rings. The minimum atomic E-state index is 0.598. The average molecular weight is 226 g/mol. The van der Waals surface area contributed by atoms with Crippen LogP contribution >= 0.6 is 11.6 Å². The first kappa shape index (κ1) is 12.4. The van der Waals surface area contributed by atoms with Crippen molar-refractivity contribution in [2.24, 2.45) is 0 Å². The molecule has 1 heterocycles. The third-order valence-electron chi connectivity index (χ3n) is 2.70. The first-order valence-corrected chi connectivity index (χ1v) is 5.86. The summed E-state index contributed by atoms with van der Waals surface area (Å²) in [6.07, 6.45) is 6.46. The van der Waals surface area contributed by atoms with Crippen LogP contribution in [0.5, 0.6) is 0 Å². The van der Waals surface area contributed by atoms with Gasteiger partial charge in [-0.3, -0.25) is 0 Å². The monoisotopic (exact) mass is 225 g/mol. The van der Waals surface area contributed by atoms with Crippen LogP contribution in [0.25, 0.3) is 0 Å². The van der Waals surface area contributed by atoms with Crippen LogP contribution in [0.4, 0.5) is 0 Å². The van der Waals surface area contributed by atoms with E-state index in [0.717, 1.165) is 17.0 Å². The molecule has 1 atom stereocenters. The zero-order valence-corrected chi connectivity index (χ0v) is 10.8. The zero-order valence-electron chi connectivity index (χ0n) is 10.0. The Balaban J connectivity index is 2.74. The van der Waals surface area contributed by atoms with Crippen LogP contribution in [-0.4, -0.2) is 6.04 Å². The molecule has 15 heavy (non-hydrogen) atoms. The summed E-state index contributed by atoms with van der Waals surface area (Å²) in [5, 5.41) is 4.29. The molecule has 0 aromatic carbocycles. The van der Waals surface area contributed by atoms with Gasteiger partial charge in [-0.1, -0.05) is 23.3 Å². The van der Waals surface area contributed by atoms with Crippen molar-refractivity contribution in [2.45, 2.75) is 46.6 Å². The highest BCUT2D eigenvalue weighted by Gasteiger charge is 2.11. The lowest BCUT2D eigenvalue weighted by atomic mass is 9.99. The Morgan fingerprint density at radius 3 is 2.67 bits per heavy atom. The van der Waals surface area contributed by atoms with Crippen LogP contribution in [0.3, 0.4) is 0 Å². The van der Waals surface area contributed by atoms with Gasteiger partial charge in [0, 0.05) is 16.8 Å². The lowest BCUT2D eigenvalue weighted by molar-refractivity contribution is 0.533. The molecule has 0 aliphatic carbocycles. The maximum atomic E-state index is 6.06. The van der Waals surface area contributed by atoms with Gasteiger partial charge in [-0.15, -0.1) is 0 Å². The van der Waals surface area contributed by atoms with Crippen LogP contribution in [0, 0.1) is 0 Å². The van der Waals surface area contributed by atoms with Crippen LogP contribution in [0.1, 0.15) is 40.5 Å². The highest BCUT2D eigenvalue weighted by molar-refractivity contribution is 6.31. The molecule has 0 radical (unpaired) electrons. The third kappa shape index (κ3) is 3.75. The Kier molecular flexibility index (Phi) is 4.46. The summed E-state index contributed by atoms with van der Waals surface area (Å²) in [5.41, 5.74) is 3.80. The van der Waals surface area contributed by atoms with Gasteiger partial charge in [0.1, 0.15) is 0 Å². The summed E-state index contributed by atoms with van der Waals surface area (Å²) in [7, 11) is 0. The predicted octanol–water partition coefficient (Wildman–Crippen LogP) is 4.12. The van der Waals surface area contributed by atoms with Gasteiger partial charge in [-0.2, -0.15) is 0 Å². The molecule has 0 saturated heterocycles. The van der Waals surface area contributed by atoms with Crippen LogP contribution < -0.4 is 5.32 Å². The van der Waals surface area contributed by atoms with Crippen LogP contribution in [-0.2, 0) is 0 Å². The highest BCUT2D eigenvalue weighted by Crippen LogP contribution is 2.20. The molecule has 84 valence electrons. The zero-order chi connectivity index (χ0) is 11.4. The van der Waals surface area contributed by atoms with Crippen molar-refractivity contribution >= 4 is 11.6 Å². The van der Waals surface area contributed by atoms with Crippen LogP contribution in [0.15, 0.2) is 34.0 Å². The van der Waals surface area contributed by atoms with Gasteiger partial charge in [0.05, 0.1) is 0 Å². The Morgan fingerprint density at radius 2 is 2.13 bits per heavy atom. The molecule has 0 aromatic heterocycles. The number of rotatable bonds is 2. The summed E-state index contributed by atoms with van der Waals surface area (Å²) in [6.45, 7) is 8.39. The summed E-state index contributed by atoms with van der Waals surface area (Å²) < 4.78 is 0. The molecule has 1 rings (SSSR count). The molecule has 1 unspecified atom stereocenters. The second-order valence-corrected chi connectivity index (χ2v) is 4.82. The third-order valence-corrected chi connectivity index (χ3v) is 3.20. The van der Waals surface area contributed by atoms with Crippen molar-refractivity contribution in [3.8, 4) is 0 Å². The smallest absolute Gasteiger partial charge is 0.0392 e. The van der Waals surface area contributed by atoms with E-state index in [4.69, 9.17) is 11.6 Å². The fourth-order valence-corrected chi connectivity index (χ4v) is 1.71. The van der Waals surface area contributed by atoms with Crippen molar-refractivity contribution in [2.75, 3.05) is 0 Å². The fourth-order valence-electron chi connectivity index (χ4n) is 1.64. The Hall–Kier alpha value is -0.690. The van der Waals surface area contributed by atoms with E-state index >= 15 is 0 Å². The summed E-state index contributed by atoms with van der Waals surface area (Å²) in [5.74, 6) is 0. The maximum Gasteiger partial charge on any atom is 0.0392 e. The molecular weight excluding hydrogens is 206 g/mol. The molecule has 1 aliphatic heterocycles. The molecule has 2 heteroatoms. The molecule has 1 nitrogen and oxygen atoms in total. The summed E-state index contributed by atoms with van der Waals surface area (Å²) in [4.78, 5) is 0. The van der Waals surface area contributed by atoms with E-state index in [1.807, 2.05) is 19.9 Å². The van der Waals surface area contributed by atoms with Gasteiger partial charge in [0.2, 0.25) is 0 Å². The lowest BCUT2D eigenvalue weighted by Gasteiger charge is -2.23. The lowest BCUT2D eigenvalue weighted by Crippen LogP contribution is -2.28. The fraction of sp³-hybridized carbons (Fsp3) is 0.538. The molecular formula is C13H20ClN. The summed E-state index contributed by atoms with van der Waals surface area (Å²) in [6, 6.07) is 0.598. The maximum absolute atomic E-state index is 6.06. The molecule has 0 aromatic rings. The van der Waals surface area contributed by atoms with E-state index < -0.39 is 0 Å². The van der Waals surface area contributed by atoms with E-state index in [-0.39, 0.29) is 0 Å². The molecule has 0 saturated carbocycles. The highest BCUT2D eigenvalue weighted by atomic mass is 35.5. The van der Waals surface area contributed by atoms with Gasteiger partial charge < -0.3 is 5.32 Å². The second-order valence-electron chi connectivity index (χ2n) is 4.42. The average Bonchev–Trinajstić information content (AvgIpc) is 2.15. The van der Waals surface area contributed by atoms with E-state index in [0.29, 0.717) is 6.04 Å². The standard InChI is InChI=1S/C13H20ClN/c1-9(2)13(14)8-7-12-6-5-10(3)15-11(12)4/h7-8,10,15H,5-6H2,1-4H3/b8-7-. The molecule has 0 bridgehead atoms. The Labute approximate surface area is 97.9 Å². The number of allylic oxidation sites excluding steroid dienone is 6. The van der Waals surface area contributed by atoms with E-state index in [1.165, 1.54) is 17.7 Å². The topological polar surface area (TPSA) is 12.0 Å². The number of hydrogen-bond acceptors (Lipinski definition) is 1. The Bertz CT molecular complexity index is 319. The molecule has 1 aliphatic rings. The minimum Gasteiger partial charge on any atom is -0.386 e. The molecule has 0 spiro atoms. The first-order chi connectivity index (χ1) is 7.00. The number of hydrogen-bond donors (Lipinski definition) is 1. The Morgan fingerprint density at radius 1 is 1.47 bits per heavy atom. The predicted molar refractivity (Wildman–Crippen MR) is 67.9 cm³/mol. The van der Waals surface area contributed by atoms with E-state index in [9.17, 15) is 0 Å². The normalized spacial score (nSPS) is 21.8. The van der Waals surface area contributed by atoms with Gasteiger partial charge >= 0.3 is 0 Å². The van der Waals surface area contributed by atoms with Crippen molar-refractivity contribution in [1.29, 1.82) is 0 Å². The van der Waals surface area contributed by atoms with E-state index in [1.54, 1.807) is 0 Å². The largest absolute Gasteiger partial charge is 0.386 e. The number of nitrogens with one attached hydrogen (secondary N) is 1. The van der Waals surface area contributed by atoms with Gasteiger partial charge in [-0.05, 0) is 52.2 Å². The molecule has 1 N–H and O–H groups in total. The quantitative estimate of drug-likeness (QED) is 0.698.